The highest BCUT2D eigenvalue weighted by molar-refractivity contribution is 14.0. The molecule has 0 spiro atoms. The highest BCUT2D eigenvalue weighted by Gasteiger charge is 2.09. The zero-order valence-corrected chi connectivity index (χ0v) is 16.3. The molecule has 4 nitrogen and oxygen atoms in total. The van der Waals surface area contributed by atoms with Crippen LogP contribution in [0.2, 0.25) is 0 Å². The van der Waals surface area contributed by atoms with Crippen LogP contribution in [0.1, 0.15) is 36.0 Å². The number of thiazole rings is 1. The van der Waals surface area contributed by atoms with Crippen molar-refractivity contribution in [3.63, 3.8) is 0 Å². The third-order valence-electron chi connectivity index (χ3n) is 3.20. The smallest absolute Gasteiger partial charge is 0.193 e. The SMILES string of the molecule is CCc1cccc(NC(N)=NCC(C)c2nc(C)cs2)c1.I. The lowest BCUT2D eigenvalue weighted by molar-refractivity contribution is 0.763. The third kappa shape index (κ3) is 5.57. The van der Waals surface area contributed by atoms with Gasteiger partial charge in [0.25, 0.3) is 0 Å². The van der Waals surface area contributed by atoms with Crippen LogP contribution < -0.4 is 11.1 Å². The van der Waals surface area contributed by atoms with Crippen LogP contribution in [0, 0.1) is 6.92 Å². The van der Waals surface area contributed by atoms with E-state index in [1.54, 1.807) is 11.3 Å². The van der Waals surface area contributed by atoms with Gasteiger partial charge >= 0.3 is 0 Å². The van der Waals surface area contributed by atoms with Gasteiger partial charge in [-0.1, -0.05) is 26.0 Å². The summed E-state index contributed by atoms with van der Waals surface area (Å²) in [5.74, 6) is 0.731. The van der Waals surface area contributed by atoms with Gasteiger partial charge in [-0.3, -0.25) is 4.99 Å². The molecule has 1 heterocycles. The second-order valence-corrected chi connectivity index (χ2v) is 6.02. The number of halogens is 1. The first-order chi connectivity index (χ1) is 10.1. The molecular formula is C16H23IN4S. The number of guanidine groups is 1. The molecule has 2 rings (SSSR count). The van der Waals surface area contributed by atoms with Crippen molar-refractivity contribution in [1.29, 1.82) is 0 Å². The monoisotopic (exact) mass is 430 g/mol. The van der Waals surface area contributed by atoms with E-state index in [9.17, 15) is 0 Å². The zero-order valence-electron chi connectivity index (χ0n) is 13.2. The molecule has 0 aliphatic rings. The second kappa shape index (κ2) is 9.09. The lowest BCUT2D eigenvalue weighted by Gasteiger charge is -2.09. The number of nitrogens with two attached hydrogens (primary N) is 1. The molecule has 120 valence electrons. The Morgan fingerprint density at radius 1 is 1.45 bits per heavy atom. The quantitative estimate of drug-likeness (QED) is 0.425. The van der Waals surface area contributed by atoms with E-state index in [1.807, 2.05) is 19.1 Å². The van der Waals surface area contributed by atoms with Gasteiger partial charge in [-0.2, -0.15) is 0 Å². The fourth-order valence-corrected chi connectivity index (χ4v) is 2.82. The van der Waals surface area contributed by atoms with Gasteiger partial charge in [-0.05, 0) is 31.0 Å². The Balaban J connectivity index is 0.00000242. The van der Waals surface area contributed by atoms with Gasteiger partial charge in [-0.15, -0.1) is 35.3 Å². The number of aromatic nitrogens is 1. The first-order valence-electron chi connectivity index (χ1n) is 7.16. The summed E-state index contributed by atoms with van der Waals surface area (Å²) >= 11 is 1.68. The minimum Gasteiger partial charge on any atom is -0.370 e. The van der Waals surface area contributed by atoms with Crippen LogP contribution in [0.4, 0.5) is 5.69 Å². The first-order valence-corrected chi connectivity index (χ1v) is 8.04. The van der Waals surface area contributed by atoms with Crippen LogP contribution in [0.15, 0.2) is 34.6 Å². The molecule has 6 heteroatoms. The van der Waals surface area contributed by atoms with E-state index in [2.05, 4.69) is 46.7 Å². The van der Waals surface area contributed by atoms with Crippen molar-refractivity contribution in [2.45, 2.75) is 33.1 Å². The summed E-state index contributed by atoms with van der Waals surface area (Å²) in [5.41, 5.74) is 9.27. The van der Waals surface area contributed by atoms with Gasteiger partial charge < -0.3 is 11.1 Å². The molecule has 22 heavy (non-hydrogen) atoms. The highest BCUT2D eigenvalue weighted by atomic mass is 127. The molecule has 1 atom stereocenters. The summed E-state index contributed by atoms with van der Waals surface area (Å²) < 4.78 is 0. The lowest BCUT2D eigenvalue weighted by Crippen LogP contribution is -2.23. The van der Waals surface area contributed by atoms with E-state index < -0.39 is 0 Å². The summed E-state index contributed by atoms with van der Waals surface area (Å²) in [5, 5.41) is 6.31. The van der Waals surface area contributed by atoms with Gasteiger partial charge in [0, 0.05) is 22.7 Å². The zero-order chi connectivity index (χ0) is 15.2. The average Bonchev–Trinajstić information content (AvgIpc) is 2.91. The molecule has 1 unspecified atom stereocenters. The van der Waals surface area contributed by atoms with Crippen molar-refractivity contribution < 1.29 is 0 Å². The summed E-state index contributed by atoms with van der Waals surface area (Å²) in [6.45, 7) is 6.90. The minimum atomic E-state index is 0. The molecular weight excluding hydrogens is 407 g/mol. The molecule has 0 amide bonds. The number of nitrogens with zero attached hydrogens (tertiary/aromatic N) is 2. The van der Waals surface area contributed by atoms with Crippen molar-refractivity contribution in [2.24, 2.45) is 10.7 Å². The van der Waals surface area contributed by atoms with Gasteiger partial charge in [-0.25, -0.2) is 4.98 Å². The van der Waals surface area contributed by atoms with Crippen molar-refractivity contribution >= 4 is 47.0 Å². The maximum Gasteiger partial charge on any atom is 0.193 e. The number of aliphatic imine (C=N–C) groups is 1. The summed E-state index contributed by atoms with van der Waals surface area (Å²) in [6.07, 6.45) is 1.01. The predicted molar refractivity (Wildman–Crippen MR) is 107 cm³/mol. The standard InChI is InChI=1S/C16H22N4S.HI/c1-4-13-6-5-7-14(8-13)20-16(17)18-9-11(2)15-19-12(3)10-21-15;/h5-8,10-11H,4,9H2,1-3H3,(H3,17,18,20);1H. The second-order valence-electron chi connectivity index (χ2n) is 5.13. The van der Waals surface area contributed by atoms with Crippen molar-refractivity contribution in [3.05, 3.63) is 45.9 Å². The Kier molecular flexibility index (Phi) is 7.81. The van der Waals surface area contributed by atoms with Crippen LogP contribution in [-0.2, 0) is 6.42 Å². The number of benzene rings is 1. The van der Waals surface area contributed by atoms with Crippen LogP contribution in [0.3, 0.4) is 0 Å². The van der Waals surface area contributed by atoms with E-state index >= 15 is 0 Å². The highest BCUT2D eigenvalue weighted by Crippen LogP contribution is 2.20. The van der Waals surface area contributed by atoms with Crippen molar-refractivity contribution in [2.75, 3.05) is 11.9 Å². The number of aryl methyl sites for hydroxylation is 2. The third-order valence-corrected chi connectivity index (χ3v) is 4.40. The molecule has 3 N–H and O–H groups in total. The van der Waals surface area contributed by atoms with E-state index in [0.717, 1.165) is 22.8 Å². The Hall–Kier alpha value is -1.15. The van der Waals surface area contributed by atoms with Crippen molar-refractivity contribution in [1.82, 2.24) is 4.98 Å². The molecule has 0 fully saturated rings. The Morgan fingerprint density at radius 2 is 2.23 bits per heavy atom. The first kappa shape index (κ1) is 18.9. The van der Waals surface area contributed by atoms with Crippen molar-refractivity contribution in [3.8, 4) is 0 Å². The van der Waals surface area contributed by atoms with Crippen LogP contribution in [0.5, 0.6) is 0 Å². The topological polar surface area (TPSA) is 63.3 Å². The Labute approximate surface area is 153 Å². The summed E-state index contributed by atoms with van der Waals surface area (Å²) in [6, 6.07) is 8.21. The van der Waals surface area contributed by atoms with Gasteiger partial charge in [0.1, 0.15) is 0 Å². The molecule has 0 saturated carbocycles. The molecule has 1 aromatic heterocycles. The maximum absolute atomic E-state index is 5.95. The van der Waals surface area contributed by atoms with E-state index in [0.29, 0.717) is 12.5 Å². The predicted octanol–water partition coefficient (Wildman–Crippen LogP) is 4.16. The van der Waals surface area contributed by atoms with Crippen LogP contribution in [0.25, 0.3) is 0 Å². The molecule has 0 saturated heterocycles. The number of anilines is 1. The van der Waals surface area contributed by atoms with Crippen LogP contribution >= 0.6 is 35.3 Å². The fourth-order valence-electron chi connectivity index (χ4n) is 1.97. The van der Waals surface area contributed by atoms with E-state index in [-0.39, 0.29) is 29.9 Å². The maximum atomic E-state index is 5.95. The molecule has 2 aromatic rings. The molecule has 1 aromatic carbocycles. The largest absolute Gasteiger partial charge is 0.370 e. The summed E-state index contributed by atoms with van der Waals surface area (Å²) in [4.78, 5) is 8.89. The molecule has 0 aliphatic carbocycles. The lowest BCUT2D eigenvalue weighted by atomic mass is 10.1. The molecule has 0 aliphatic heterocycles. The van der Waals surface area contributed by atoms with E-state index in [1.165, 1.54) is 5.56 Å². The van der Waals surface area contributed by atoms with Crippen LogP contribution in [-0.4, -0.2) is 17.5 Å². The Bertz CT molecular complexity index is 624. The van der Waals surface area contributed by atoms with Gasteiger partial charge in [0.2, 0.25) is 0 Å². The number of rotatable bonds is 5. The molecule has 0 bridgehead atoms. The normalized spacial score (nSPS) is 12.6. The Morgan fingerprint density at radius 3 is 2.86 bits per heavy atom. The van der Waals surface area contributed by atoms with Gasteiger partial charge in [0.05, 0.1) is 11.6 Å². The van der Waals surface area contributed by atoms with E-state index in [4.69, 9.17) is 5.73 Å². The number of nitrogens with one attached hydrogen (secondary N) is 1. The summed E-state index contributed by atoms with van der Waals surface area (Å²) in [7, 11) is 0. The fraction of sp³-hybridized carbons (Fsp3) is 0.375. The number of hydrogen-bond donors (Lipinski definition) is 2. The minimum absolute atomic E-state index is 0. The average molecular weight is 430 g/mol. The molecule has 0 radical (unpaired) electrons. The van der Waals surface area contributed by atoms with Gasteiger partial charge in [0.15, 0.2) is 5.96 Å². The number of hydrogen-bond acceptors (Lipinski definition) is 3.